The number of para-hydroxylation sites is 1. The van der Waals surface area contributed by atoms with E-state index in [2.05, 4.69) is 4.99 Å². The number of non-ortho nitro benzene ring substituents is 1. The number of hydrogen-bond acceptors (Lipinski definition) is 7. The van der Waals surface area contributed by atoms with Gasteiger partial charge in [-0.3, -0.25) is 24.0 Å². The number of rotatable bonds is 5. The van der Waals surface area contributed by atoms with E-state index < -0.39 is 22.2 Å². The second kappa shape index (κ2) is 10.0. The number of nitrogens with zero attached hydrogens (tertiary/aromatic N) is 7. The van der Waals surface area contributed by atoms with Crippen molar-refractivity contribution in [2.24, 2.45) is 19.1 Å². The van der Waals surface area contributed by atoms with E-state index in [0.717, 1.165) is 10.3 Å². The molecule has 0 fully saturated rings. The lowest BCUT2D eigenvalue weighted by Gasteiger charge is -2.34. The van der Waals surface area contributed by atoms with Gasteiger partial charge < -0.3 is 4.90 Å². The first kappa shape index (κ1) is 26.0. The fraction of sp³-hybridized carbons (Fsp3) is 0.103. The van der Waals surface area contributed by atoms with Crippen LogP contribution in [0.4, 0.5) is 17.2 Å². The van der Waals surface area contributed by atoms with Gasteiger partial charge in [-0.2, -0.15) is 5.10 Å². The van der Waals surface area contributed by atoms with Crippen molar-refractivity contribution in [3.63, 3.8) is 0 Å². The van der Waals surface area contributed by atoms with E-state index in [4.69, 9.17) is 16.7 Å². The third-order valence-electron chi connectivity index (χ3n) is 7.06. The zero-order valence-corrected chi connectivity index (χ0v) is 22.6. The number of nitro benzene ring substituents is 1. The molecule has 6 rings (SSSR count). The van der Waals surface area contributed by atoms with Gasteiger partial charge in [0.1, 0.15) is 5.82 Å². The second-order valence-electron chi connectivity index (χ2n) is 9.49. The molecule has 1 aliphatic rings. The summed E-state index contributed by atoms with van der Waals surface area (Å²) in [6.45, 7) is 0. The Labute approximate surface area is 238 Å². The zero-order valence-electron chi connectivity index (χ0n) is 21.9. The van der Waals surface area contributed by atoms with Gasteiger partial charge in [0.25, 0.3) is 11.2 Å². The van der Waals surface area contributed by atoms with Gasteiger partial charge in [0.15, 0.2) is 0 Å². The molecule has 3 aromatic carbocycles. The predicted molar refractivity (Wildman–Crippen MR) is 157 cm³/mol. The van der Waals surface area contributed by atoms with Crippen LogP contribution in [0.25, 0.3) is 16.9 Å². The summed E-state index contributed by atoms with van der Waals surface area (Å²) < 4.78 is 4.09. The summed E-state index contributed by atoms with van der Waals surface area (Å²) in [5.74, 6) is 0.232. The highest BCUT2D eigenvalue weighted by atomic mass is 35.5. The molecular weight excluding hydrogens is 546 g/mol. The van der Waals surface area contributed by atoms with Crippen LogP contribution in [0.5, 0.6) is 0 Å². The molecule has 41 heavy (non-hydrogen) atoms. The van der Waals surface area contributed by atoms with Crippen LogP contribution in [-0.2, 0) is 14.1 Å². The number of halogens is 1. The molecule has 0 radical (unpaired) electrons. The fourth-order valence-electron chi connectivity index (χ4n) is 4.98. The molecule has 0 saturated heterocycles. The van der Waals surface area contributed by atoms with Crippen molar-refractivity contribution in [2.75, 3.05) is 4.90 Å². The number of benzene rings is 3. The second-order valence-corrected chi connectivity index (χ2v) is 9.93. The smallest absolute Gasteiger partial charge is 0.320 e. The maximum Gasteiger partial charge on any atom is 0.332 e. The highest BCUT2D eigenvalue weighted by molar-refractivity contribution is 6.30. The maximum absolute atomic E-state index is 13.8. The number of aliphatic imine (C=N–C) groups is 1. The Morgan fingerprint density at radius 2 is 1.56 bits per heavy atom. The predicted octanol–water partition coefficient (Wildman–Crippen LogP) is 4.77. The SMILES string of the molecule is Cn1c2c(c(=O)n(C)c1=O)C(c1cn(-c3ccccc3)nc1-c1ccc([N+](=O)[O-])cc1)N(c1ccc(Cl)cc1)C=N2. The van der Waals surface area contributed by atoms with Crippen LogP contribution in [0.15, 0.2) is 99.6 Å². The van der Waals surface area contributed by atoms with Crippen molar-refractivity contribution in [1.29, 1.82) is 0 Å². The topological polar surface area (TPSA) is 121 Å². The van der Waals surface area contributed by atoms with Crippen molar-refractivity contribution >= 4 is 35.1 Å². The standard InChI is InChI=1S/C29H22ClN7O4/c1-33-27-24(28(38)34(2)29(33)39)26(35(17-31-27)20-14-10-19(30)11-15-20)23-16-36(21-6-4-3-5-7-21)32-25(23)18-8-12-22(13-9-18)37(40)41/h3-17,26H,1-2H3. The lowest BCUT2D eigenvalue weighted by molar-refractivity contribution is -0.384. The Morgan fingerprint density at radius 3 is 2.22 bits per heavy atom. The van der Waals surface area contributed by atoms with Crippen LogP contribution in [0.1, 0.15) is 17.2 Å². The fourth-order valence-corrected chi connectivity index (χ4v) is 5.10. The summed E-state index contributed by atoms with van der Waals surface area (Å²) in [6, 6.07) is 21.9. The Kier molecular flexibility index (Phi) is 6.35. The van der Waals surface area contributed by atoms with Gasteiger partial charge in [0.2, 0.25) is 0 Å². The molecule has 1 aliphatic heterocycles. The number of hydrogen-bond donors (Lipinski definition) is 0. The van der Waals surface area contributed by atoms with E-state index in [0.29, 0.717) is 27.5 Å². The van der Waals surface area contributed by atoms with Gasteiger partial charge in [-0.1, -0.05) is 29.8 Å². The number of nitro groups is 1. The average Bonchev–Trinajstić information content (AvgIpc) is 3.44. The Hall–Kier alpha value is -5.29. The third kappa shape index (κ3) is 4.42. The number of anilines is 1. The van der Waals surface area contributed by atoms with Crippen molar-refractivity contribution in [1.82, 2.24) is 18.9 Å². The first-order valence-corrected chi connectivity index (χ1v) is 12.9. The van der Waals surface area contributed by atoms with Gasteiger partial charge in [-0.05, 0) is 48.5 Å². The quantitative estimate of drug-likeness (QED) is 0.223. The molecule has 0 amide bonds. The van der Waals surface area contributed by atoms with Crippen molar-refractivity contribution in [2.45, 2.75) is 6.04 Å². The molecule has 1 unspecified atom stereocenters. The monoisotopic (exact) mass is 567 g/mol. The molecule has 11 nitrogen and oxygen atoms in total. The summed E-state index contributed by atoms with van der Waals surface area (Å²) in [7, 11) is 3.00. The molecule has 1 atom stereocenters. The molecule has 2 aromatic heterocycles. The zero-order chi connectivity index (χ0) is 28.8. The van der Waals surface area contributed by atoms with Gasteiger partial charge in [-0.25, -0.2) is 14.5 Å². The van der Waals surface area contributed by atoms with Gasteiger partial charge in [0.05, 0.1) is 34.2 Å². The first-order chi connectivity index (χ1) is 19.7. The van der Waals surface area contributed by atoms with Gasteiger partial charge in [-0.15, -0.1) is 0 Å². The number of aromatic nitrogens is 4. The van der Waals surface area contributed by atoms with E-state index >= 15 is 0 Å². The molecular formula is C29H22ClN7O4. The minimum atomic E-state index is -0.767. The van der Waals surface area contributed by atoms with Crippen LogP contribution in [0.2, 0.25) is 5.02 Å². The van der Waals surface area contributed by atoms with Crippen LogP contribution in [0.3, 0.4) is 0 Å². The number of fused-ring (bicyclic) bond motifs is 1. The van der Waals surface area contributed by atoms with Crippen LogP contribution in [0, 0.1) is 10.1 Å². The van der Waals surface area contributed by atoms with Crippen LogP contribution < -0.4 is 16.1 Å². The van der Waals surface area contributed by atoms with E-state index in [1.54, 1.807) is 42.3 Å². The molecule has 0 aliphatic carbocycles. The lowest BCUT2D eigenvalue weighted by atomic mass is 9.94. The van der Waals surface area contributed by atoms with Crippen molar-refractivity contribution in [3.05, 3.63) is 132 Å². The molecule has 0 N–H and O–H groups in total. The molecule has 204 valence electrons. The molecule has 0 bridgehead atoms. The summed E-state index contributed by atoms with van der Waals surface area (Å²) in [4.78, 5) is 43.8. The summed E-state index contributed by atoms with van der Waals surface area (Å²) >= 11 is 6.18. The summed E-state index contributed by atoms with van der Waals surface area (Å²) in [5.41, 5.74) is 2.45. The molecule has 5 aromatic rings. The maximum atomic E-state index is 13.8. The normalized spacial score (nSPS) is 14.2. The van der Waals surface area contributed by atoms with Crippen molar-refractivity contribution < 1.29 is 4.92 Å². The van der Waals surface area contributed by atoms with E-state index in [1.807, 2.05) is 53.6 Å². The van der Waals surface area contributed by atoms with E-state index in [9.17, 15) is 19.7 Å². The Balaban J connectivity index is 1.66. The Morgan fingerprint density at radius 1 is 0.878 bits per heavy atom. The van der Waals surface area contributed by atoms with E-state index in [-0.39, 0.29) is 17.1 Å². The highest BCUT2D eigenvalue weighted by Crippen LogP contribution is 2.41. The van der Waals surface area contributed by atoms with Gasteiger partial charge in [0, 0.05) is 54.3 Å². The molecule has 0 saturated carbocycles. The van der Waals surface area contributed by atoms with Crippen LogP contribution in [-0.4, -0.2) is 30.2 Å². The largest absolute Gasteiger partial charge is 0.332 e. The molecule has 3 heterocycles. The average molecular weight is 568 g/mol. The van der Waals surface area contributed by atoms with E-state index in [1.165, 1.54) is 23.7 Å². The van der Waals surface area contributed by atoms with Crippen molar-refractivity contribution in [3.8, 4) is 16.9 Å². The molecule has 12 heteroatoms. The van der Waals surface area contributed by atoms with Crippen LogP contribution >= 0.6 is 11.6 Å². The lowest BCUT2D eigenvalue weighted by Crippen LogP contribution is -2.44. The van der Waals surface area contributed by atoms with Gasteiger partial charge >= 0.3 is 5.69 Å². The third-order valence-corrected chi connectivity index (χ3v) is 7.31. The molecule has 0 spiro atoms. The first-order valence-electron chi connectivity index (χ1n) is 12.5. The minimum Gasteiger partial charge on any atom is -0.320 e. The highest BCUT2D eigenvalue weighted by Gasteiger charge is 2.36. The Bertz CT molecular complexity index is 1940. The summed E-state index contributed by atoms with van der Waals surface area (Å²) in [6.07, 6.45) is 3.40. The minimum absolute atomic E-state index is 0.0559. The summed E-state index contributed by atoms with van der Waals surface area (Å²) in [5, 5.41) is 16.8.